The van der Waals surface area contributed by atoms with Crippen molar-refractivity contribution in [2.24, 2.45) is 5.73 Å². The fourth-order valence-corrected chi connectivity index (χ4v) is 3.37. The third kappa shape index (κ3) is 2.68. The van der Waals surface area contributed by atoms with Crippen LogP contribution in [-0.2, 0) is 12.8 Å². The van der Waals surface area contributed by atoms with Crippen LogP contribution in [0.4, 0.5) is 11.4 Å². The van der Waals surface area contributed by atoms with Crippen molar-refractivity contribution >= 4 is 11.4 Å². The van der Waals surface area contributed by atoms with E-state index in [1.165, 1.54) is 40.9 Å². The third-order valence-electron chi connectivity index (χ3n) is 4.48. The number of nitrogens with zero attached hydrogens (tertiary/aromatic N) is 1. The van der Waals surface area contributed by atoms with Crippen molar-refractivity contribution < 1.29 is 0 Å². The van der Waals surface area contributed by atoms with Crippen molar-refractivity contribution in [3.63, 3.8) is 0 Å². The van der Waals surface area contributed by atoms with Gasteiger partial charge >= 0.3 is 0 Å². The summed E-state index contributed by atoms with van der Waals surface area (Å²) < 4.78 is 0. The molecule has 0 aromatic heterocycles. The summed E-state index contributed by atoms with van der Waals surface area (Å²) in [5, 5.41) is 0. The van der Waals surface area contributed by atoms with E-state index in [1.807, 2.05) is 0 Å². The Morgan fingerprint density at radius 2 is 1.95 bits per heavy atom. The third-order valence-corrected chi connectivity index (χ3v) is 4.48. The predicted molar refractivity (Wildman–Crippen MR) is 90.3 cm³/mol. The fourth-order valence-electron chi connectivity index (χ4n) is 3.37. The molecular formula is C19H24N2. The fraction of sp³-hybridized carbons (Fsp3) is 0.368. The van der Waals surface area contributed by atoms with Crippen LogP contribution in [0.5, 0.6) is 0 Å². The summed E-state index contributed by atoms with van der Waals surface area (Å²) in [4.78, 5) is 2.50. The molecule has 1 aliphatic heterocycles. The molecule has 0 fully saturated rings. The van der Waals surface area contributed by atoms with E-state index in [-0.39, 0.29) is 0 Å². The van der Waals surface area contributed by atoms with Crippen LogP contribution in [0.15, 0.2) is 42.5 Å². The molecule has 0 spiro atoms. The van der Waals surface area contributed by atoms with Crippen LogP contribution in [0.1, 0.15) is 30.0 Å². The molecule has 1 atom stereocenters. The van der Waals surface area contributed by atoms with Gasteiger partial charge in [-0.3, -0.25) is 0 Å². The Bertz CT molecular complexity index is 633. The highest BCUT2D eigenvalue weighted by Gasteiger charge is 2.24. The van der Waals surface area contributed by atoms with Gasteiger partial charge < -0.3 is 10.6 Å². The maximum Gasteiger partial charge on any atom is 0.0445 e. The molecule has 2 aromatic carbocycles. The van der Waals surface area contributed by atoms with E-state index in [0.717, 1.165) is 6.42 Å². The molecule has 3 rings (SSSR count). The molecule has 0 saturated carbocycles. The number of benzene rings is 2. The Morgan fingerprint density at radius 1 is 1.14 bits per heavy atom. The maximum absolute atomic E-state index is 5.67. The van der Waals surface area contributed by atoms with E-state index in [2.05, 4.69) is 61.2 Å². The number of aryl methyl sites for hydroxylation is 2. The van der Waals surface area contributed by atoms with Gasteiger partial charge in [-0.25, -0.2) is 0 Å². The minimum Gasteiger partial charge on any atom is -0.338 e. The lowest BCUT2D eigenvalue weighted by atomic mass is 9.94. The predicted octanol–water partition coefficient (Wildman–Crippen LogP) is 3.97. The number of para-hydroxylation sites is 1. The lowest BCUT2D eigenvalue weighted by Crippen LogP contribution is -2.33. The first-order valence-corrected chi connectivity index (χ1v) is 7.87. The van der Waals surface area contributed by atoms with Gasteiger partial charge in [-0.05, 0) is 68.5 Å². The van der Waals surface area contributed by atoms with Gasteiger partial charge in [0.2, 0.25) is 0 Å². The Hall–Kier alpha value is -1.80. The van der Waals surface area contributed by atoms with Crippen LogP contribution in [0.25, 0.3) is 0 Å². The van der Waals surface area contributed by atoms with Crippen LogP contribution in [-0.4, -0.2) is 12.6 Å². The highest BCUT2D eigenvalue weighted by atomic mass is 15.2. The summed E-state index contributed by atoms with van der Waals surface area (Å²) in [5.41, 5.74) is 12.5. The van der Waals surface area contributed by atoms with Gasteiger partial charge in [0.05, 0.1) is 0 Å². The number of fused-ring (bicyclic) bond motifs is 1. The maximum atomic E-state index is 5.67. The van der Waals surface area contributed by atoms with Crippen LogP contribution in [0, 0.1) is 6.92 Å². The van der Waals surface area contributed by atoms with Crippen molar-refractivity contribution in [1.82, 2.24) is 0 Å². The second-order valence-electron chi connectivity index (χ2n) is 6.05. The molecule has 0 aliphatic carbocycles. The average molecular weight is 280 g/mol. The van der Waals surface area contributed by atoms with Crippen molar-refractivity contribution in [3.05, 3.63) is 59.2 Å². The molecule has 110 valence electrons. The van der Waals surface area contributed by atoms with E-state index in [9.17, 15) is 0 Å². The van der Waals surface area contributed by atoms with E-state index >= 15 is 0 Å². The highest BCUT2D eigenvalue weighted by Crippen LogP contribution is 2.38. The van der Waals surface area contributed by atoms with Gasteiger partial charge in [0.1, 0.15) is 0 Å². The standard InChI is InChI=1S/C19H24N2/c1-14-13-16(11-12-20)8-10-18(14)21-15(2)7-9-17-5-3-4-6-19(17)21/h3-6,8,10,13,15H,7,9,11-12,20H2,1-2H3. The van der Waals surface area contributed by atoms with Gasteiger partial charge in [-0.2, -0.15) is 0 Å². The van der Waals surface area contributed by atoms with Gasteiger partial charge in [-0.15, -0.1) is 0 Å². The molecule has 0 amide bonds. The molecular weight excluding hydrogens is 256 g/mol. The molecule has 2 nitrogen and oxygen atoms in total. The number of nitrogens with two attached hydrogens (primary N) is 1. The summed E-state index contributed by atoms with van der Waals surface area (Å²) in [6.07, 6.45) is 3.34. The second-order valence-corrected chi connectivity index (χ2v) is 6.05. The van der Waals surface area contributed by atoms with Gasteiger partial charge in [0, 0.05) is 17.4 Å². The van der Waals surface area contributed by atoms with Crippen LogP contribution < -0.4 is 10.6 Å². The minimum atomic E-state index is 0.541. The quantitative estimate of drug-likeness (QED) is 0.921. The van der Waals surface area contributed by atoms with Crippen LogP contribution in [0.3, 0.4) is 0 Å². The van der Waals surface area contributed by atoms with E-state index in [4.69, 9.17) is 5.73 Å². The zero-order valence-electron chi connectivity index (χ0n) is 13.0. The molecule has 2 N–H and O–H groups in total. The van der Waals surface area contributed by atoms with Gasteiger partial charge in [0.25, 0.3) is 0 Å². The molecule has 2 aromatic rings. The summed E-state index contributed by atoms with van der Waals surface area (Å²) >= 11 is 0. The number of anilines is 2. The van der Waals surface area contributed by atoms with E-state index < -0.39 is 0 Å². The van der Waals surface area contributed by atoms with Crippen LogP contribution in [0.2, 0.25) is 0 Å². The Morgan fingerprint density at radius 3 is 2.71 bits per heavy atom. The first kappa shape index (κ1) is 14.2. The van der Waals surface area contributed by atoms with Crippen molar-refractivity contribution in [2.75, 3.05) is 11.4 Å². The van der Waals surface area contributed by atoms with Gasteiger partial charge in [0.15, 0.2) is 0 Å². The Labute approximate surface area is 127 Å². The zero-order chi connectivity index (χ0) is 14.8. The van der Waals surface area contributed by atoms with Crippen molar-refractivity contribution in [2.45, 2.75) is 39.2 Å². The second kappa shape index (κ2) is 5.90. The molecule has 0 radical (unpaired) electrons. The topological polar surface area (TPSA) is 29.3 Å². The largest absolute Gasteiger partial charge is 0.338 e. The van der Waals surface area contributed by atoms with E-state index in [0.29, 0.717) is 12.6 Å². The molecule has 2 heteroatoms. The molecule has 1 aliphatic rings. The monoisotopic (exact) mass is 280 g/mol. The van der Waals surface area contributed by atoms with Crippen molar-refractivity contribution in [3.8, 4) is 0 Å². The summed E-state index contributed by atoms with van der Waals surface area (Å²) in [5.74, 6) is 0. The number of hydrogen-bond donors (Lipinski definition) is 1. The smallest absolute Gasteiger partial charge is 0.0445 e. The first-order chi connectivity index (χ1) is 10.2. The number of rotatable bonds is 3. The zero-order valence-corrected chi connectivity index (χ0v) is 13.0. The van der Waals surface area contributed by atoms with Crippen molar-refractivity contribution in [1.29, 1.82) is 0 Å². The lowest BCUT2D eigenvalue weighted by Gasteiger charge is -2.38. The molecule has 0 saturated heterocycles. The summed E-state index contributed by atoms with van der Waals surface area (Å²) in [6, 6.07) is 16.1. The van der Waals surface area contributed by atoms with Gasteiger partial charge in [-0.1, -0.05) is 30.3 Å². The first-order valence-electron chi connectivity index (χ1n) is 7.87. The normalized spacial score (nSPS) is 17.7. The lowest BCUT2D eigenvalue weighted by molar-refractivity contribution is 0.617. The SMILES string of the molecule is Cc1cc(CCN)ccc1N1c2ccccc2CCC1C. The number of hydrogen-bond acceptors (Lipinski definition) is 2. The molecule has 1 unspecified atom stereocenters. The highest BCUT2D eigenvalue weighted by molar-refractivity contribution is 5.71. The molecule has 21 heavy (non-hydrogen) atoms. The summed E-state index contributed by atoms with van der Waals surface area (Å²) in [7, 11) is 0. The molecule has 1 heterocycles. The minimum absolute atomic E-state index is 0.541. The Balaban J connectivity index is 2.03. The van der Waals surface area contributed by atoms with Crippen LogP contribution >= 0.6 is 0 Å². The van der Waals surface area contributed by atoms with E-state index in [1.54, 1.807) is 0 Å². The summed E-state index contributed by atoms with van der Waals surface area (Å²) in [6.45, 7) is 5.24. The molecule has 0 bridgehead atoms. The Kier molecular flexibility index (Phi) is 3.98. The average Bonchev–Trinajstić information content (AvgIpc) is 2.49.